The van der Waals surface area contributed by atoms with E-state index in [9.17, 15) is 13.6 Å². The van der Waals surface area contributed by atoms with E-state index in [2.05, 4.69) is 9.97 Å². The standard InChI is InChI=1S/C21H26F2N8O2/c1-12(32)30-10-15(18(22)23)16(11-30)31-3-2-14-17(13-8-25-20(24)26-9-13)27-21(28-19(14)31)29-4-6-33-7-5-29/h8-9,15-16,18H,2-7,10-11H2,1H3,(H2,24,25,26)/t15-,16+/m1/s1. The first kappa shape index (κ1) is 21.7. The second-order valence-electron chi connectivity index (χ2n) is 8.54. The first-order valence-electron chi connectivity index (χ1n) is 11.0. The minimum atomic E-state index is -2.53. The number of ether oxygens (including phenoxy) is 1. The summed E-state index contributed by atoms with van der Waals surface area (Å²) in [6, 6.07) is -0.516. The van der Waals surface area contributed by atoms with E-state index in [1.807, 2.05) is 9.80 Å². The van der Waals surface area contributed by atoms with Gasteiger partial charge in [-0.1, -0.05) is 0 Å². The number of halogens is 2. The summed E-state index contributed by atoms with van der Waals surface area (Å²) in [6.45, 7) is 4.64. The molecule has 3 aliphatic rings. The number of amides is 1. The van der Waals surface area contributed by atoms with Crippen LogP contribution in [0, 0.1) is 5.92 Å². The van der Waals surface area contributed by atoms with Crippen LogP contribution >= 0.6 is 0 Å². The van der Waals surface area contributed by atoms with Crippen molar-refractivity contribution < 1.29 is 18.3 Å². The van der Waals surface area contributed by atoms with Crippen molar-refractivity contribution in [3.05, 3.63) is 18.0 Å². The Kier molecular flexibility index (Phi) is 5.69. The van der Waals surface area contributed by atoms with Gasteiger partial charge in [-0.2, -0.15) is 4.98 Å². The molecule has 176 valence electrons. The molecule has 2 fully saturated rings. The molecule has 0 spiro atoms. The number of aromatic nitrogens is 4. The molecule has 10 nitrogen and oxygen atoms in total. The van der Waals surface area contributed by atoms with Gasteiger partial charge < -0.3 is 25.2 Å². The molecule has 12 heteroatoms. The summed E-state index contributed by atoms with van der Waals surface area (Å²) in [4.78, 5) is 35.3. The van der Waals surface area contributed by atoms with Gasteiger partial charge in [0.05, 0.1) is 30.9 Å². The minimum Gasteiger partial charge on any atom is -0.378 e. The van der Waals surface area contributed by atoms with E-state index in [-0.39, 0.29) is 24.9 Å². The maximum Gasteiger partial charge on any atom is 0.245 e. The molecule has 0 aliphatic carbocycles. The molecule has 1 amide bonds. The third kappa shape index (κ3) is 4.03. The van der Waals surface area contributed by atoms with Crippen molar-refractivity contribution in [2.24, 2.45) is 5.92 Å². The lowest BCUT2D eigenvalue weighted by Crippen LogP contribution is -2.43. The third-order valence-electron chi connectivity index (χ3n) is 6.59. The number of rotatable bonds is 4. The first-order valence-corrected chi connectivity index (χ1v) is 11.0. The summed E-state index contributed by atoms with van der Waals surface area (Å²) in [5.74, 6) is 0.184. The van der Waals surface area contributed by atoms with Crippen LogP contribution in [0.4, 0.5) is 26.5 Å². The molecule has 3 aliphatic heterocycles. The van der Waals surface area contributed by atoms with Crippen molar-refractivity contribution in [1.82, 2.24) is 24.8 Å². The van der Waals surface area contributed by atoms with E-state index in [0.717, 1.165) is 5.56 Å². The lowest BCUT2D eigenvalue weighted by molar-refractivity contribution is -0.128. The van der Waals surface area contributed by atoms with Gasteiger partial charge in [0, 0.05) is 63.2 Å². The van der Waals surface area contributed by atoms with Gasteiger partial charge in [-0.3, -0.25) is 4.79 Å². The van der Waals surface area contributed by atoms with E-state index in [4.69, 9.17) is 20.4 Å². The molecule has 2 aromatic rings. The number of nitrogens with two attached hydrogens (primary N) is 1. The SMILES string of the molecule is CC(=O)N1C[C@@H](C(F)F)[C@@H](N2CCc3c(-c4cnc(N)nc4)nc(N4CCOCC4)nc32)C1. The number of morpholine rings is 1. The van der Waals surface area contributed by atoms with Crippen molar-refractivity contribution >= 4 is 23.6 Å². The maximum absolute atomic E-state index is 14.0. The number of alkyl halides is 2. The Hall–Kier alpha value is -3.15. The van der Waals surface area contributed by atoms with Crippen LogP contribution in [0.2, 0.25) is 0 Å². The predicted octanol–water partition coefficient (Wildman–Crippen LogP) is 0.827. The highest BCUT2D eigenvalue weighted by Crippen LogP contribution is 2.39. The molecule has 2 saturated heterocycles. The van der Waals surface area contributed by atoms with Gasteiger partial charge in [-0.05, 0) is 6.42 Å². The Bertz CT molecular complexity index is 1030. The summed E-state index contributed by atoms with van der Waals surface area (Å²) in [5.41, 5.74) is 7.91. The van der Waals surface area contributed by atoms with Crippen molar-refractivity contribution in [3.8, 4) is 11.3 Å². The first-order chi connectivity index (χ1) is 15.9. The van der Waals surface area contributed by atoms with Crippen LogP contribution in [-0.2, 0) is 16.0 Å². The van der Waals surface area contributed by atoms with E-state index in [0.29, 0.717) is 62.3 Å². The second kappa shape index (κ2) is 8.65. The smallest absolute Gasteiger partial charge is 0.245 e. The second-order valence-corrected chi connectivity index (χ2v) is 8.54. The molecule has 2 atom stereocenters. The van der Waals surface area contributed by atoms with E-state index in [1.54, 1.807) is 12.4 Å². The van der Waals surface area contributed by atoms with Crippen LogP contribution < -0.4 is 15.5 Å². The Morgan fingerprint density at radius 2 is 1.88 bits per heavy atom. The Balaban J connectivity index is 1.58. The summed E-state index contributed by atoms with van der Waals surface area (Å²) >= 11 is 0. The lowest BCUT2D eigenvalue weighted by Gasteiger charge is -2.31. The van der Waals surface area contributed by atoms with Crippen LogP contribution in [-0.4, -0.2) is 89.1 Å². The average Bonchev–Trinajstić information content (AvgIpc) is 3.44. The van der Waals surface area contributed by atoms with E-state index >= 15 is 0 Å². The quantitative estimate of drug-likeness (QED) is 0.709. The number of carbonyl (C=O) groups excluding carboxylic acids is 1. The van der Waals surface area contributed by atoms with Gasteiger partial charge in [0.15, 0.2) is 0 Å². The molecule has 5 rings (SSSR count). The summed E-state index contributed by atoms with van der Waals surface area (Å²) in [5, 5.41) is 0. The number of likely N-dealkylation sites (tertiary alicyclic amines) is 1. The normalized spacial score (nSPS) is 22.8. The number of hydrogen-bond acceptors (Lipinski definition) is 9. The van der Waals surface area contributed by atoms with Gasteiger partial charge >= 0.3 is 0 Å². The molecule has 5 heterocycles. The molecule has 33 heavy (non-hydrogen) atoms. The summed E-state index contributed by atoms with van der Waals surface area (Å²) in [6.07, 6.45) is 1.30. The fraction of sp³-hybridized carbons (Fsp3) is 0.571. The number of fused-ring (bicyclic) bond motifs is 1. The molecule has 0 bridgehead atoms. The van der Waals surface area contributed by atoms with Crippen LogP contribution in [0.15, 0.2) is 12.4 Å². The van der Waals surface area contributed by atoms with Crippen molar-refractivity contribution in [2.75, 3.05) is 61.5 Å². The molecule has 0 radical (unpaired) electrons. The molecule has 0 aromatic carbocycles. The van der Waals surface area contributed by atoms with Crippen LogP contribution in [0.25, 0.3) is 11.3 Å². The molecule has 2 aromatic heterocycles. The highest BCUT2D eigenvalue weighted by atomic mass is 19.3. The summed E-state index contributed by atoms with van der Waals surface area (Å²) < 4.78 is 33.4. The number of nitrogens with zero attached hydrogens (tertiary/aromatic N) is 7. The number of nitrogen functional groups attached to an aromatic ring is 1. The monoisotopic (exact) mass is 460 g/mol. The van der Waals surface area contributed by atoms with Crippen molar-refractivity contribution in [3.63, 3.8) is 0 Å². The van der Waals surface area contributed by atoms with Crippen LogP contribution in [0.1, 0.15) is 12.5 Å². The molecular weight excluding hydrogens is 434 g/mol. The Morgan fingerprint density at radius 3 is 2.55 bits per heavy atom. The zero-order chi connectivity index (χ0) is 23.1. The van der Waals surface area contributed by atoms with Crippen molar-refractivity contribution in [1.29, 1.82) is 0 Å². The van der Waals surface area contributed by atoms with Gasteiger partial charge in [0.2, 0.25) is 24.2 Å². The number of carbonyl (C=O) groups is 1. The predicted molar refractivity (Wildman–Crippen MR) is 117 cm³/mol. The Labute approximate surface area is 189 Å². The molecule has 0 unspecified atom stereocenters. The summed E-state index contributed by atoms with van der Waals surface area (Å²) in [7, 11) is 0. The highest BCUT2D eigenvalue weighted by molar-refractivity contribution is 5.75. The zero-order valence-electron chi connectivity index (χ0n) is 18.3. The zero-order valence-corrected chi connectivity index (χ0v) is 18.3. The number of anilines is 3. The van der Waals surface area contributed by atoms with Crippen LogP contribution in [0.5, 0.6) is 0 Å². The van der Waals surface area contributed by atoms with Crippen molar-refractivity contribution in [2.45, 2.75) is 25.8 Å². The number of hydrogen-bond donors (Lipinski definition) is 1. The third-order valence-corrected chi connectivity index (χ3v) is 6.59. The Morgan fingerprint density at radius 1 is 1.15 bits per heavy atom. The van der Waals surface area contributed by atoms with E-state index < -0.39 is 18.4 Å². The minimum absolute atomic E-state index is 0.0452. The van der Waals surface area contributed by atoms with Gasteiger partial charge in [-0.25, -0.2) is 23.7 Å². The molecule has 0 saturated carbocycles. The van der Waals surface area contributed by atoms with Gasteiger partial charge in [0.25, 0.3) is 0 Å². The fourth-order valence-corrected chi connectivity index (χ4v) is 4.84. The van der Waals surface area contributed by atoms with Gasteiger partial charge in [-0.15, -0.1) is 0 Å². The maximum atomic E-state index is 14.0. The van der Waals surface area contributed by atoms with Gasteiger partial charge in [0.1, 0.15) is 5.82 Å². The lowest BCUT2D eigenvalue weighted by atomic mass is 10.0. The fourth-order valence-electron chi connectivity index (χ4n) is 4.84. The molecule has 2 N–H and O–H groups in total. The largest absolute Gasteiger partial charge is 0.378 e. The highest BCUT2D eigenvalue weighted by Gasteiger charge is 2.45. The molecular formula is C21H26F2N8O2. The van der Waals surface area contributed by atoms with Crippen LogP contribution in [0.3, 0.4) is 0 Å². The average molecular weight is 460 g/mol. The van der Waals surface area contributed by atoms with E-state index in [1.165, 1.54) is 11.8 Å². The topological polar surface area (TPSA) is 114 Å².